The van der Waals surface area contributed by atoms with Crippen molar-refractivity contribution in [2.75, 3.05) is 19.9 Å². The average Bonchev–Trinajstić information content (AvgIpc) is 3.19. The van der Waals surface area contributed by atoms with Crippen LogP contribution in [0.5, 0.6) is 11.5 Å². The predicted octanol–water partition coefficient (Wildman–Crippen LogP) is 2.26. The molecule has 8 nitrogen and oxygen atoms in total. The highest BCUT2D eigenvalue weighted by Gasteiger charge is 2.23. The van der Waals surface area contributed by atoms with E-state index in [4.69, 9.17) is 14.2 Å². The number of carbonyl (C=O) groups excluding carboxylic acids is 3. The van der Waals surface area contributed by atoms with Crippen molar-refractivity contribution in [1.29, 1.82) is 0 Å². The molecule has 0 fully saturated rings. The third-order valence-corrected chi connectivity index (χ3v) is 4.50. The summed E-state index contributed by atoms with van der Waals surface area (Å²) in [6.07, 6.45) is -0.0505. The number of benzene rings is 2. The average molecular weight is 412 g/mol. The SMILES string of the molecule is CCOC(=O)CC(NC(=O)CNC(=O)c1cccc(C)c1)c1ccc2c(c1)OCO2. The van der Waals surface area contributed by atoms with Crippen LogP contribution in [0, 0.1) is 6.92 Å². The quantitative estimate of drug-likeness (QED) is 0.645. The van der Waals surface area contributed by atoms with Gasteiger partial charge < -0.3 is 24.8 Å². The molecule has 0 saturated carbocycles. The molecule has 1 aliphatic heterocycles. The number of hydrogen-bond acceptors (Lipinski definition) is 6. The third-order valence-electron chi connectivity index (χ3n) is 4.50. The molecule has 1 aliphatic rings. The van der Waals surface area contributed by atoms with Gasteiger partial charge in [0.05, 0.1) is 25.6 Å². The van der Waals surface area contributed by atoms with Gasteiger partial charge in [-0.25, -0.2) is 0 Å². The number of aryl methyl sites for hydroxylation is 1. The third kappa shape index (κ3) is 5.50. The highest BCUT2D eigenvalue weighted by molar-refractivity contribution is 5.96. The Morgan fingerprint density at radius 2 is 1.90 bits per heavy atom. The van der Waals surface area contributed by atoms with Gasteiger partial charge in [0.25, 0.3) is 5.91 Å². The summed E-state index contributed by atoms with van der Waals surface area (Å²) >= 11 is 0. The van der Waals surface area contributed by atoms with E-state index >= 15 is 0 Å². The van der Waals surface area contributed by atoms with Gasteiger partial charge in [-0.2, -0.15) is 0 Å². The van der Waals surface area contributed by atoms with Crippen molar-refractivity contribution >= 4 is 17.8 Å². The molecule has 2 N–H and O–H groups in total. The van der Waals surface area contributed by atoms with Crippen molar-refractivity contribution in [3.63, 3.8) is 0 Å². The van der Waals surface area contributed by atoms with E-state index in [2.05, 4.69) is 10.6 Å². The number of hydrogen-bond donors (Lipinski definition) is 2. The second-order valence-corrected chi connectivity index (χ2v) is 6.79. The van der Waals surface area contributed by atoms with Crippen LogP contribution in [0.25, 0.3) is 0 Å². The van der Waals surface area contributed by atoms with Crippen LogP contribution in [0.2, 0.25) is 0 Å². The molecular formula is C22H24N2O6. The molecule has 3 rings (SSSR count). The van der Waals surface area contributed by atoms with E-state index in [1.807, 2.05) is 13.0 Å². The summed E-state index contributed by atoms with van der Waals surface area (Å²) in [6, 6.07) is 11.6. The Morgan fingerprint density at radius 1 is 1.10 bits per heavy atom. The maximum absolute atomic E-state index is 12.5. The predicted molar refractivity (Wildman–Crippen MR) is 108 cm³/mol. The van der Waals surface area contributed by atoms with Crippen molar-refractivity contribution in [2.24, 2.45) is 0 Å². The lowest BCUT2D eigenvalue weighted by molar-refractivity contribution is -0.143. The van der Waals surface area contributed by atoms with E-state index in [-0.39, 0.29) is 32.3 Å². The first-order chi connectivity index (χ1) is 14.5. The zero-order valence-electron chi connectivity index (χ0n) is 16.9. The smallest absolute Gasteiger partial charge is 0.308 e. The largest absolute Gasteiger partial charge is 0.466 e. The Morgan fingerprint density at radius 3 is 2.67 bits per heavy atom. The first-order valence-electron chi connectivity index (χ1n) is 9.65. The van der Waals surface area contributed by atoms with Gasteiger partial charge in [-0.15, -0.1) is 0 Å². The first kappa shape index (κ1) is 21.2. The normalized spacial score (nSPS) is 12.7. The molecular weight excluding hydrogens is 388 g/mol. The van der Waals surface area contributed by atoms with Gasteiger partial charge in [0.2, 0.25) is 12.7 Å². The van der Waals surface area contributed by atoms with Gasteiger partial charge in [-0.05, 0) is 43.7 Å². The standard InChI is InChI=1S/C22H24N2O6/c1-3-28-21(26)11-17(15-7-8-18-19(10-15)30-13-29-18)24-20(25)12-23-22(27)16-6-4-5-14(2)9-16/h4-10,17H,3,11-13H2,1-2H3,(H,23,27)(H,24,25). The van der Waals surface area contributed by atoms with E-state index < -0.39 is 17.9 Å². The number of esters is 1. The number of nitrogens with one attached hydrogen (secondary N) is 2. The van der Waals surface area contributed by atoms with Crippen LogP contribution in [0.1, 0.15) is 40.9 Å². The summed E-state index contributed by atoms with van der Waals surface area (Å²) in [6.45, 7) is 3.74. The molecule has 158 valence electrons. The van der Waals surface area contributed by atoms with Crippen molar-refractivity contribution in [2.45, 2.75) is 26.3 Å². The highest BCUT2D eigenvalue weighted by Crippen LogP contribution is 2.34. The Labute approximate surface area is 174 Å². The van der Waals surface area contributed by atoms with Crippen LogP contribution in [0.3, 0.4) is 0 Å². The molecule has 2 aromatic rings. The minimum Gasteiger partial charge on any atom is -0.466 e. The molecule has 0 radical (unpaired) electrons. The van der Waals surface area contributed by atoms with Gasteiger partial charge in [0, 0.05) is 5.56 Å². The van der Waals surface area contributed by atoms with Crippen LogP contribution in [-0.4, -0.2) is 37.7 Å². The number of fused-ring (bicyclic) bond motifs is 1. The Hall–Kier alpha value is -3.55. The minimum absolute atomic E-state index is 0.0505. The molecule has 2 aromatic carbocycles. The number of ether oxygens (including phenoxy) is 3. The van der Waals surface area contributed by atoms with Crippen LogP contribution >= 0.6 is 0 Å². The van der Waals surface area contributed by atoms with Crippen molar-refractivity contribution < 1.29 is 28.6 Å². The Kier molecular flexibility index (Phi) is 6.90. The zero-order chi connectivity index (χ0) is 21.5. The Balaban J connectivity index is 1.65. The van der Waals surface area contributed by atoms with Crippen LogP contribution in [-0.2, 0) is 14.3 Å². The first-order valence-corrected chi connectivity index (χ1v) is 9.65. The molecule has 0 saturated heterocycles. The van der Waals surface area contributed by atoms with E-state index in [9.17, 15) is 14.4 Å². The van der Waals surface area contributed by atoms with Gasteiger partial charge in [-0.3, -0.25) is 14.4 Å². The molecule has 0 aliphatic carbocycles. The lowest BCUT2D eigenvalue weighted by atomic mass is 10.0. The monoisotopic (exact) mass is 412 g/mol. The lowest BCUT2D eigenvalue weighted by Gasteiger charge is -2.19. The number of amides is 2. The fourth-order valence-electron chi connectivity index (χ4n) is 3.06. The lowest BCUT2D eigenvalue weighted by Crippen LogP contribution is -2.39. The molecule has 0 bridgehead atoms. The van der Waals surface area contributed by atoms with Crippen molar-refractivity contribution in [3.8, 4) is 11.5 Å². The summed E-state index contributed by atoms with van der Waals surface area (Å²) in [5, 5.41) is 5.37. The zero-order valence-corrected chi connectivity index (χ0v) is 16.9. The molecule has 1 heterocycles. The van der Waals surface area contributed by atoms with E-state index in [1.54, 1.807) is 43.3 Å². The van der Waals surface area contributed by atoms with E-state index in [0.717, 1.165) is 5.56 Å². The van der Waals surface area contributed by atoms with Crippen molar-refractivity contribution in [1.82, 2.24) is 10.6 Å². The van der Waals surface area contributed by atoms with Gasteiger partial charge in [0.15, 0.2) is 11.5 Å². The second kappa shape index (κ2) is 9.78. The van der Waals surface area contributed by atoms with E-state index in [0.29, 0.717) is 22.6 Å². The molecule has 30 heavy (non-hydrogen) atoms. The van der Waals surface area contributed by atoms with E-state index in [1.165, 1.54) is 0 Å². The fourth-order valence-corrected chi connectivity index (χ4v) is 3.06. The fraction of sp³-hybridized carbons (Fsp3) is 0.318. The van der Waals surface area contributed by atoms with Crippen molar-refractivity contribution in [3.05, 3.63) is 59.2 Å². The molecule has 0 spiro atoms. The second-order valence-electron chi connectivity index (χ2n) is 6.79. The summed E-state index contributed by atoms with van der Waals surface area (Å²) in [7, 11) is 0. The Bertz CT molecular complexity index is 943. The summed E-state index contributed by atoms with van der Waals surface area (Å²) in [5.74, 6) is -0.0696. The molecule has 1 atom stereocenters. The maximum Gasteiger partial charge on any atom is 0.308 e. The van der Waals surface area contributed by atoms with Gasteiger partial charge >= 0.3 is 5.97 Å². The summed E-state index contributed by atoms with van der Waals surface area (Å²) in [5.41, 5.74) is 2.09. The molecule has 0 aromatic heterocycles. The topological polar surface area (TPSA) is 103 Å². The van der Waals surface area contributed by atoms with Crippen LogP contribution in [0.4, 0.5) is 0 Å². The molecule has 8 heteroatoms. The summed E-state index contributed by atoms with van der Waals surface area (Å²) in [4.78, 5) is 36.7. The maximum atomic E-state index is 12.5. The van der Waals surface area contributed by atoms with Gasteiger partial charge in [0.1, 0.15) is 0 Å². The number of rotatable bonds is 8. The summed E-state index contributed by atoms with van der Waals surface area (Å²) < 4.78 is 15.7. The van der Waals surface area contributed by atoms with Crippen LogP contribution in [0.15, 0.2) is 42.5 Å². The highest BCUT2D eigenvalue weighted by atomic mass is 16.7. The molecule has 1 unspecified atom stereocenters. The number of carbonyl (C=O) groups is 3. The van der Waals surface area contributed by atoms with Crippen LogP contribution < -0.4 is 20.1 Å². The molecule has 2 amide bonds. The minimum atomic E-state index is -0.637. The van der Waals surface area contributed by atoms with Gasteiger partial charge in [-0.1, -0.05) is 23.8 Å².